The highest BCUT2D eigenvalue weighted by Crippen LogP contribution is 2.24. The fourth-order valence-electron chi connectivity index (χ4n) is 1.69. The van der Waals surface area contributed by atoms with Crippen LogP contribution in [0.4, 0.5) is 5.69 Å². The monoisotopic (exact) mass is 207 g/mol. The Morgan fingerprint density at radius 2 is 1.80 bits per heavy atom. The van der Waals surface area contributed by atoms with Crippen LogP contribution in [0.1, 0.15) is 21.5 Å². The van der Waals surface area contributed by atoms with Crippen molar-refractivity contribution in [3.63, 3.8) is 0 Å². The van der Waals surface area contributed by atoms with E-state index in [0.717, 1.165) is 16.8 Å². The average molecular weight is 207 g/mol. The highest BCUT2D eigenvalue weighted by Gasteiger charge is 2.11. The molecule has 0 heterocycles. The van der Waals surface area contributed by atoms with Gasteiger partial charge in [-0.25, -0.2) is 4.79 Å². The van der Waals surface area contributed by atoms with Crippen LogP contribution in [0.3, 0.4) is 0 Å². The smallest absolute Gasteiger partial charge is 0.335 e. The van der Waals surface area contributed by atoms with Gasteiger partial charge in [0.15, 0.2) is 0 Å². The molecule has 1 N–H and O–H groups in total. The zero-order valence-corrected chi connectivity index (χ0v) is 8.94. The third-order valence-electron chi connectivity index (χ3n) is 2.25. The van der Waals surface area contributed by atoms with Gasteiger partial charge in [-0.3, -0.25) is 4.79 Å². The minimum Gasteiger partial charge on any atom is -0.478 e. The summed E-state index contributed by atoms with van der Waals surface area (Å²) in [5, 5.41) is 8.84. The van der Waals surface area contributed by atoms with Gasteiger partial charge in [-0.2, -0.15) is 0 Å². The summed E-state index contributed by atoms with van der Waals surface area (Å²) in [6.45, 7) is 3.57. The summed E-state index contributed by atoms with van der Waals surface area (Å²) in [5.74, 6) is -0.957. The maximum absolute atomic E-state index is 10.8. The van der Waals surface area contributed by atoms with Gasteiger partial charge in [-0.05, 0) is 37.1 Å². The van der Waals surface area contributed by atoms with E-state index in [2.05, 4.69) is 0 Å². The van der Waals surface area contributed by atoms with E-state index in [4.69, 9.17) is 5.11 Å². The average Bonchev–Trinajstić information content (AvgIpc) is 2.16. The van der Waals surface area contributed by atoms with Crippen LogP contribution >= 0.6 is 0 Å². The molecule has 0 bridgehead atoms. The maximum atomic E-state index is 10.8. The van der Waals surface area contributed by atoms with Crippen LogP contribution in [-0.2, 0) is 4.79 Å². The summed E-state index contributed by atoms with van der Waals surface area (Å²) in [7, 11) is 1.64. The van der Waals surface area contributed by atoms with Crippen LogP contribution in [0, 0.1) is 13.8 Å². The number of carboxylic acids is 1. The van der Waals surface area contributed by atoms with Crippen molar-refractivity contribution in [2.24, 2.45) is 0 Å². The van der Waals surface area contributed by atoms with E-state index < -0.39 is 5.97 Å². The Hall–Kier alpha value is -1.84. The molecule has 0 saturated heterocycles. The molecule has 0 aliphatic carbocycles. The minimum atomic E-state index is -0.957. The van der Waals surface area contributed by atoms with Gasteiger partial charge in [0.1, 0.15) is 0 Å². The lowest BCUT2D eigenvalue weighted by Gasteiger charge is -2.17. The van der Waals surface area contributed by atoms with Crippen molar-refractivity contribution in [3.8, 4) is 0 Å². The second kappa shape index (κ2) is 4.13. The number of amides is 1. The molecular formula is C11H13NO3. The molecule has 0 aliphatic heterocycles. The van der Waals surface area contributed by atoms with E-state index in [1.807, 2.05) is 0 Å². The van der Waals surface area contributed by atoms with E-state index in [1.165, 1.54) is 4.90 Å². The number of aromatic carboxylic acids is 1. The molecule has 0 aromatic heterocycles. The zero-order valence-electron chi connectivity index (χ0n) is 8.94. The number of carbonyl (C=O) groups excluding carboxylic acids is 1. The molecule has 0 atom stereocenters. The van der Waals surface area contributed by atoms with Crippen molar-refractivity contribution in [2.45, 2.75) is 13.8 Å². The predicted octanol–water partition coefficient (Wildman–Crippen LogP) is 1.59. The van der Waals surface area contributed by atoms with E-state index >= 15 is 0 Å². The quantitative estimate of drug-likeness (QED) is 0.766. The number of hydrogen-bond acceptors (Lipinski definition) is 2. The van der Waals surface area contributed by atoms with Gasteiger partial charge in [0.25, 0.3) is 0 Å². The molecule has 1 aromatic rings. The van der Waals surface area contributed by atoms with Crippen LogP contribution in [0.15, 0.2) is 12.1 Å². The molecule has 4 heteroatoms. The summed E-state index contributed by atoms with van der Waals surface area (Å²) in [6, 6.07) is 3.12. The Balaban J connectivity index is 3.33. The molecule has 4 nitrogen and oxygen atoms in total. The van der Waals surface area contributed by atoms with Crippen LogP contribution in [-0.4, -0.2) is 24.5 Å². The first-order valence-electron chi connectivity index (χ1n) is 4.50. The molecule has 0 spiro atoms. The predicted molar refractivity (Wildman–Crippen MR) is 57.3 cm³/mol. The maximum Gasteiger partial charge on any atom is 0.335 e. The minimum absolute atomic E-state index is 0.244. The highest BCUT2D eigenvalue weighted by molar-refractivity contribution is 5.90. The van der Waals surface area contributed by atoms with Crippen molar-refractivity contribution in [1.82, 2.24) is 0 Å². The highest BCUT2D eigenvalue weighted by atomic mass is 16.4. The summed E-state index contributed by atoms with van der Waals surface area (Å²) in [4.78, 5) is 22.9. The van der Waals surface area contributed by atoms with Crippen LogP contribution in [0.5, 0.6) is 0 Å². The van der Waals surface area contributed by atoms with Gasteiger partial charge in [0.05, 0.1) is 5.56 Å². The molecule has 80 valence electrons. The van der Waals surface area contributed by atoms with Gasteiger partial charge < -0.3 is 10.0 Å². The Bertz CT molecular complexity index is 389. The SMILES string of the molecule is Cc1cc(C(=O)O)cc(C)c1N(C)C=O. The number of nitrogens with zero attached hydrogens (tertiary/aromatic N) is 1. The molecule has 0 radical (unpaired) electrons. The number of hydrogen-bond donors (Lipinski definition) is 1. The van der Waals surface area contributed by atoms with Gasteiger partial charge in [-0.1, -0.05) is 0 Å². The summed E-state index contributed by atoms with van der Waals surface area (Å²) in [5.41, 5.74) is 2.56. The Morgan fingerprint density at radius 3 is 2.13 bits per heavy atom. The molecule has 15 heavy (non-hydrogen) atoms. The largest absolute Gasteiger partial charge is 0.478 e. The first kappa shape index (κ1) is 11.2. The third kappa shape index (κ3) is 2.15. The van der Waals surface area contributed by atoms with Gasteiger partial charge in [0.2, 0.25) is 6.41 Å². The Labute approximate surface area is 88.1 Å². The van der Waals surface area contributed by atoms with Crippen LogP contribution in [0.2, 0.25) is 0 Å². The first-order chi connectivity index (χ1) is 6.97. The van der Waals surface area contributed by atoms with Gasteiger partial charge >= 0.3 is 5.97 Å². The number of carboxylic acid groups (broad SMARTS) is 1. The molecule has 1 rings (SSSR count). The lowest BCUT2D eigenvalue weighted by atomic mass is 10.0. The van der Waals surface area contributed by atoms with Gasteiger partial charge in [-0.15, -0.1) is 0 Å². The van der Waals surface area contributed by atoms with Crippen LogP contribution in [0.25, 0.3) is 0 Å². The lowest BCUT2D eigenvalue weighted by Crippen LogP contribution is -2.17. The number of anilines is 1. The lowest BCUT2D eigenvalue weighted by molar-refractivity contribution is -0.107. The summed E-state index contributed by atoms with van der Waals surface area (Å²) in [6.07, 6.45) is 0.704. The van der Waals surface area contributed by atoms with Crippen LogP contribution < -0.4 is 4.90 Å². The molecule has 1 aromatic carbocycles. The fourth-order valence-corrected chi connectivity index (χ4v) is 1.69. The molecule has 0 fully saturated rings. The Morgan fingerprint density at radius 1 is 1.33 bits per heavy atom. The van der Waals surface area contributed by atoms with E-state index in [9.17, 15) is 9.59 Å². The molecule has 0 unspecified atom stereocenters. The van der Waals surface area contributed by atoms with Crippen molar-refractivity contribution < 1.29 is 14.7 Å². The number of carbonyl (C=O) groups is 2. The van der Waals surface area contributed by atoms with E-state index in [1.54, 1.807) is 33.0 Å². The summed E-state index contributed by atoms with van der Waals surface area (Å²) >= 11 is 0. The van der Waals surface area contributed by atoms with Crippen molar-refractivity contribution >= 4 is 18.1 Å². The third-order valence-corrected chi connectivity index (χ3v) is 2.25. The molecule has 1 amide bonds. The fraction of sp³-hybridized carbons (Fsp3) is 0.273. The number of aryl methyl sites for hydroxylation is 2. The number of benzene rings is 1. The van der Waals surface area contributed by atoms with E-state index in [-0.39, 0.29) is 5.56 Å². The van der Waals surface area contributed by atoms with E-state index in [0.29, 0.717) is 6.41 Å². The topological polar surface area (TPSA) is 57.6 Å². The first-order valence-corrected chi connectivity index (χ1v) is 4.50. The number of rotatable bonds is 3. The van der Waals surface area contributed by atoms with Crippen molar-refractivity contribution in [2.75, 3.05) is 11.9 Å². The van der Waals surface area contributed by atoms with Crippen molar-refractivity contribution in [1.29, 1.82) is 0 Å². The second-order valence-corrected chi connectivity index (χ2v) is 3.48. The molecule has 0 aliphatic rings. The molecular weight excluding hydrogens is 194 g/mol. The Kier molecular flexibility index (Phi) is 3.09. The summed E-state index contributed by atoms with van der Waals surface area (Å²) < 4.78 is 0. The normalized spacial score (nSPS) is 9.80. The second-order valence-electron chi connectivity index (χ2n) is 3.48. The zero-order chi connectivity index (χ0) is 11.6. The standard InChI is InChI=1S/C11H13NO3/c1-7-4-9(11(14)15)5-8(2)10(7)12(3)6-13/h4-6H,1-3H3,(H,14,15). The van der Waals surface area contributed by atoms with Crippen molar-refractivity contribution in [3.05, 3.63) is 28.8 Å². The molecule has 0 saturated carbocycles. The van der Waals surface area contributed by atoms with Gasteiger partial charge in [0, 0.05) is 12.7 Å².